The van der Waals surface area contributed by atoms with Crippen LogP contribution < -0.4 is 16.0 Å². The molecule has 0 saturated carbocycles. The van der Waals surface area contributed by atoms with E-state index in [1.807, 2.05) is 13.8 Å². The van der Waals surface area contributed by atoms with Gasteiger partial charge in [0, 0.05) is 19.0 Å². The molecule has 0 fully saturated rings. The summed E-state index contributed by atoms with van der Waals surface area (Å²) in [5, 5.41) is 15.9. The molecular formula is C10H19N3O4. The average Bonchev–Trinajstić information content (AvgIpc) is 2.23. The second kappa shape index (κ2) is 8.51. The number of hydrogen-bond acceptors (Lipinski definition) is 4. The number of nitrogens with one attached hydrogen (secondary N) is 3. The lowest BCUT2D eigenvalue weighted by Crippen LogP contribution is -2.39. The van der Waals surface area contributed by atoms with E-state index in [1.165, 1.54) is 0 Å². The van der Waals surface area contributed by atoms with Crippen molar-refractivity contribution in [2.75, 3.05) is 19.6 Å². The number of rotatable bonds is 8. The fraction of sp³-hybridized carbons (Fsp3) is 0.700. The van der Waals surface area contributed by atoms with Crippen molar-refractivity contribution in [2.24, 2.45) is 0 Å². The van der Waals surface area contributed by atoms with Crippen molar-refractivity contribution >= 4 is 17.8 Å². The highest BCUT2D eigenvalue weighted by Gasteiger charge is 2.06. The van der Waals surface area contributed by atoms with Crippen LogP contribution in [0.25, 0.3) is 0 Å². The second-order valence-electron chi connectivity index (χ2n) is 3.81. The Hall–Kier alpha value is -1.63. The molecule has 0 aromatic heterocycles. The van der Waals surface area contributed by atoms with Gasteiger partial charge in [-0.25, -0.2) is 0 Å². The van der Waals surface area contributed by atoms with E-state index >= 15 is 0 Å². The van der Waals surface area contributed by atoms with Crippen LogP contribution in [-0.4, -0.2) is 48.6 Å². The van der Waals surface area contributed by atoms with Crippen LogP contribution in [0.3, 0.4) is 0 Å². The molecule has 0 aliphatic rings. The Morgan fingerprint density at radius 2 is 1.65 bits per heavy atom. The second-order valence-corrected chi connectivity index (χ2v) is 3.81. The van der Waals surface area contributed by atoms with Gasteiger partial charge < -0.3 is 21.1 Å². The smallest absolute Gasteiger partial charge is 0.322 e. The van der Waals surface area contributed by atoms with Gasteiger partial charge in [-0.15, -0.1) is 0 Å². The summed E-state index contributed by atoms with van der Waals surface area (Å²) in [6, 6.07) is 0.307. The summed E-state index contributed by atoms with van der Waals surface area (Å²) in [4.78, 5) is 32.4. The Bertz CT molecular complexity index is 279. The van der Waals surface area contributed by atoms with Gasteiger partial charge in [-0.1, -0.05) is 13.8 Å². The van der Waals surface area contributed by atoms with Gasteiger partial charge in [-0.2, -0.15) is 0 Å². The van der Waals surface area contributed by atoms with Gasteiger partial charge in [0.2, 0.25) is 11.8 Å². The molecule has 7 heteroatoms. The van der Waals surface area contributed by atoms with E-state index < -0.39 is 18.4 Å². The zero-order chi connectivity index (χ0) is 13.3. The molecule has 0 aliphatic heterocycles. The van der Waals surface area contributed by atoms with Gasteiger partial charge in [0.15, 0.2) is 0 Å². The quantitative estimate of drug-likeness (QED) is 0.425. The van der Waals surface area contributed by atoms with Crippen LogP contribution in [0.1, 0.15) is 20.3 Å². The topological polar surface area (TPSA) is 108 Å². The molecule has 0 aromatic rings. The Kier molecular flexibility index (Phi) is 7.70. The first-order valence-corrected chi connectivity index (χ1v) is 5.40. The number of hydrogen-bond donors (Lipinski definition) is 4. The summed E-state index contributed by atoms with van der Waals surface area (Å²) in [5.74, 6) is -1.88. The summed E-state index contributed by atoms with van der Waals surface area (Å²) in [7, 11) is 0. The van der Waals surface area contributed by atoms with Crippen molar-refractivity contribution < 1.29 is 19.5 Å². The van der Waals surface area contributed by atoms with Crippen molar-refractivity contribution in [3.63, 3.8) is 0 Å². The molecule has 0 radical (unpaired) electrons. The average molecular weight is 245 g/mol. The van der Waals surface area contributed by atoms with E-state index in [9.17, 15) is 14.4 Å². The maximum Gasteiger partial charge on any atom is 0.322 e. The Balaban J connectivity index is 3.55. The summed E-state index contributed by atoms with van der Waals surface area (Å²) >= 11 is 0. The third kappa shape index (κ3) is 10.6. The molecule has 0 aliphatic carbocycles. The number of amides is 2. The number of carbonyl (C=O) groups excluding carboxylic acids is 2. The Morgan fingerprint density at radius 1 is 1.06 bits per heavy atom. The first kappa shape index (κ1) is 15.4. The zero-order valence-electron chi connectivity index (χ0n) is 10.1. The molecule has 0 saturated heterocycles. The van der Waals surface area contributed by atoms with Crippen molar-refractivity contribution in [3.8, 4) is 0 Å². The maximum atomic E-state index is 11.2. The lowest BCUT2D eigenvalue weighted by molar-refractivity contribution is -0.137. The third-order valence-electron chi connectivity index (χ3n) is 1.79. The van der Waals surface area contributed by atoms with E-state index in [0.29, 0.717) is 12.6 Å². The summed E-state index contributed by atoms with van der Waals surface area (Å²) < 4.78 is 0. The van der Waals surface area contributed by atoms with Crippen molar-refractivity contribution in [3.05, 3.63) is 0 Å². The normalized spacial score (nSPS) is 10.1. The first-order valence-electron chi connectivity index (χ1n) is 5.40. The van der Waals surface area contributed by atoms with Gasteiger partial charge in [0.1, 0.15) is 6.54 Å². The highest BCUT2D eigenvalue weighted by Crippen LogP contribution is 1.81. The van der Waals surface area contributed by atoms with Gasteiger partial charge in [-0.05, 0) is 0 Å². The lowest BCUT2D eigenvalue weighted by atomic mass is 10.3. The number of carbonyl (C=O) groups is 3. The lowest BCUT2D eigenvalue weighted by Gasteiger charge is -2.08. The minimum atomic E-state index is -1.12. The first-order chi connectivity index (χ1) is 7.91. The van der Waals surface area contributed by atoms with Gasteiger partial charge in [0.05, 0.1) is 6.54 Å². The fourth-order valence-electron chi connectivity index (χ4n) is 0.978. The van der Waals surface area contributed by atoms with Crippen LogP contribution in [0.5, 0.6) is 0 Å². The third-order valence-corrected chi connectivity index (χ3v) is 1.79. The molecule has 4 N–H and O–H groups in total. The predicted molar refractivity (Wildman–Crippen MR) is 61.4 cm³/mol. The van der Waals surface area contributed by atoms with E-state index in [0.717, 1.165) is 0 Å². The molecular weight excluding hydrogens is 226 g/mol. The molecule has 0 unspecified atom stereocenters. The highest BCUT2D eigenvalue weighted by molar-refractivity contribution is 5.86. The van der Waals surface area contributed by atoms with E-state index in [4.69, 9.17) is 5.11 Å². The van der Waals surface area contributed by atoms with E-state index in [1.54, 1.807) is 0 Å². The molecule has 0 spiro atoms. The standard InChI is InChI=1S/C10H19N3O4/c1-7(2)11-4-3-8(14)12-5-9(15)13-6-10(16)17/h7,11H,3-6H2,1-2H3,(H,12,14)(H,13,15)(H,16,17). The van der Waals surface area contributed by atoms with Crippen LogP contribution in [-0.2, 0) is 14.4 Å². The van der Waals surface area contributed by atoms with Crippen LogP contribution in [0.4, 0.5) is 0 Å². The van der Waals surface area contributed by atoms with Crippen LogP contribution in [0.15, 0.2) is 0 Å². The summed E-state index contributed by atoms with van der Waals surface area (Å²) in [5.41, 5.74) is 0. The van der Waals surface area contributed by atoms with Gasteiger partial charge in [0.25, 0.3) is 0 Å². The molecule has 0 rings (SSSR count). The molecule has 0 bridgehead atoms. The minimum Gasteiger partial charge on any atom is -0.480 e. The molecule has 17 heavy (non-hydrogen) atoms. The largest absolute Gasteiger partial charge is 0.480 e. The number of aliphatic carboxylic acids is 1. The van der Waals surface area contributed by atoms with E-state index in [-0.39, 0.29) is 18.9 Å². The van der Waals surface area contributed by atoms with Gasteiger partial charge in [-0.3, -0.25) is 14.4 Å². The SMILES string of the molecule is CC(C)NCCC(=O)NCC(=O)NCC(=O)O. The summed E-state index contributed by atoms with van der Waals surface area (Å²) in [6.45, 7) is 3.84. The van der Waals surface area contributed by atoms with Crippen molar-refractivity contribution in [1.29, 1.82) is 0 Å². The van der Waals surface area contributed by atoms with Gasteiger partial charge >= 0.3 is 5.97 Å². The van der Waals surface area contributed by atoms with Crippen LogP contribution in [0.2, 0.25) is 0 Å². The highest BCUT2D eigenvalue weighted by atomic mass is 16.4. The Labute approximate surface area is 100.0 Å². The maximum absolute atomic E-state index is 11.2. The number of carboxylic acid groups (broad SMARTS) is 1. The Morgan fingerprint density at radius 3 is 2.18 bits per heavy atom. The monoisotopic (exact) mass is 245 g/mol. The molecule has 98 valence electrons. The summed E-state index contributed by atoms with van der Waals surface area (Å²) in [6.07, 6.45) is 0.282. The molecule has 0 atom stereocenters. The van der Waals surface area contributed by atoms with Crippen molar-refractivity contribution in [2.45, 2.75) is 26.3 Å². The minimum absolute atomic E-state index is 0.201. The van der Waals surface area contributed by atoms with Crippen LogP contribution in [0, 0.1) is 0 Å². The zero-order valence-corrected chi connectivity index (χ0v) is 10.1. The van der Waals surface area contributed by atoms with Crippen molar-refractivity contribution in [1.82, 2.24) is 16.0 Å². The predicted octanol–water partition coefficient (Wildman–Crippen LogP) is -1.31. The fourth-order valence-corrected chi connectivity index (χ4v) is 0.978. The molecule has 2 amide bonds. The number of carboxylic acids is 1. The van der Waals surface area contributed by atoms with E-state index in [2.05, 4.69) is 16.0 Å². The molecule has 7 nitrogen and oxygen atoms in total. The molecule has 0 aromatic carbocycles. The van der Waals surface area contributed by atoms with Crippen LogP contribution >= 0.6 is 0 Å². The molecule has 0 heterocycles.